The number of ether oxygens (including phenoxy) is 1. The number of benzene rings is 1. The second-order valence-corrected chi connectivity index (χ2v) is 9.46. The average Bonchev–Trinajstić information content (AvgIpc) is 3.05. The molecule has 0 unspecified atom stereocenters. The zero-order chi connectivity index (χ0) is 26.3. The molecule has 0 N–H and O–H groups in total. The Bertz CT molecular complexity index is 1280. The normalized spacial score (nSPS) is 15.2. The summed E-state index contributed by atoms with van der Waals surface area (Å²) in [5.74, 6) is -1.10. The van der Waals surface area contributed by atoms with Gasteiger partial charge in [0, 0.05) is 31.7 Å². The van der Waals surface area contributed by atoms with Gasteiger partial charge >= 0.3 is 12.3 Å². The Morgan fingerprint density at radius 3 is 2.25 bits per heavy atom. The molecule has 0 saturated carbocycles. The maximum Gasteiger partial charge on any atom is 0.420 e. The third-order valence-corrected chi connectivity index (χ3v) is 5.52. The summed E-state index contributed by atoms with van der Waals surface area (Å²) in [6.07, 6.45) is -3.63. The lowest BCUT2D eigenvalue weighted by Gasteiger charge is -2.26. The molecule has 0 bridgehead atoms. The van der Waals surface area contributed by atoms with E-state index in [4.69, 9.17) is 4.74 Å². The summed E-state index contributed by atoms with van der Waals surface area (Å²) in [5.41, 5.74) is -2.21. The number of aromatic nitrogens is 3. The molecule has 1 aliphatic heterocycles. The lowest BCUT2D eigenvalue weighted by atomic mass is 10.1. The molecule has 3 aromatic rings. The molecule has 36 heavy (non-hydrogen) atoms. The van der Waals surface area contributed by atoms with Crippen LogP contribution < -0.4 is 0 Å². The molecule has 192 valence electrons. The number of carbonyl (C=O) groups is 2. The van der Waals surface area contributed by atoms with Crippen LogP contribution in [0.15, 0.2) is 36.5 Å². The highest BCUT2D eigenvalue weighted by Gasteiger charge is 2.36. The van der Waals surface area contributed by atoms with Crippen molar-refractivity contribution in [1.29, 1.82) is 0 Å². The highest BCUT2D eigenvalue weighted by atomic mass is 19.4. The maximum atomic E-state index is 13.8. The molecule has 0 aliphatic carbocycles. The van der Waals surface area contributed by atoms with E-state index in [0.717, 1.165) is 28.9 Å². The van der Waals surface area contributed by atoms with Crippen molar-refractivity contribution in [2.75, 3.05) is 26.2 Å². The van der Waals surface area contributed by atoms with Gasteiger partial charge in [-0.15, -0.1) is 0 Å². The first kappa shape index (κ1) is 25.4. The molecule has 1 fully saturated rings. The highest BCUT2D eigenvalue weighted by Crippen LogP contribution is 2.34. The van der Waals surface area contributed by atoms with Crippen molar-refractivity contribution in [3.63, 3.8) is 0 Å². The molecule has 4 rings (SSSR count). The van der Waals surface area contributed by atoms with Gasteiger partial charge in [-0.25, -0.2) is 18.7 Å². The molecule has 0 spiro atoms. The summed E-state index contributed by atoms with van der Waals surface area (Å²) in [5, 5.41) is 4.18. The third kappa shape index (κ3) is 5.58. The van der Waals surface area contributed by atoms with Crippen LogP contribution in [0.1, 0.15) is 43.2 Å². The van der Waals surface area contributed by atoms with Gasteiger partial charge in [0.2, 0.25) is 0 Å². The van der Waals surface area contributed by atoms with Crippen LogP contribution >= 0.6 is 0 Å². The summed E-state index contributed by atoms with van der Waals surface area (Å²) in [4.78, 5) is 32.4. The molecule has 3 heterocycles. The highest BCUT2D eigenvalue weighted by molar-refractivity contribution is 5.93. The molecule has 1 saturated heterocycles. The van der Waals surface area contributed by atoms with E-state index in [1.807, 2.05) is 0 Å². The zero-order valence-corrected chi connectivity index (χ0v) is 20.0. The van der Waals surface area contributed by atoms with E-state index in [1.165, 1.54) is 21.9 Å². The second-order valence-electron chi connectivity index (χ2n) is 9.46. The molecule has 8 nitrogen and oxygen atoms in total. The first-order valence-electron chi connectivity index (χ1n) is 11.3. The molecular formula is C24H25F4N5O3. The molecule has 12 heteroatoms. The minimum atomic E-state index is -4.76. The van der Waals surface area contributed by atoms with E-state index in [9.17, 15) is 27.2 Å². The van der Waals surface area contributed by atoms with Gasteiger partial charge in [0.25, 0.3) is 5.91 Å². The summed E-state index contributed by atoms with van der Waals surface area (Å²) in [7, 11) is 0. The molecule has 0 atom stereocenters. The fraction of sp³-hybridized carbons (Fsp3) is 0.417. The first-order chi connectivity index (χ1) is 16.8. The number of hydrogen-bond acceptors (Lipinski definition) is 5. The Hall–Kier alpha value is -3.70. The maximum absolute atomic E-state index is 13.8. The summed E-state index contributed by atoms with van der Waals surface area (Å²) in [6.45, 7) is 6.34. The van der Waals surface area contributed by atoms with Crippen LogP contribution in [0.2, 0.25) is 0 Å². The van der Waals surface area contributed by atoms with Gasteiger partial charge in [0.15, 0.2) is 5.65 Å². The smallest absolute Gasteiger partial charge is 0.420 e. The average molecular weight is 507 g/mol. The molecule has 2 aromatic heterocycles. The fourth-order valence-electron chi connectivity index (χ4n) is 3.84. The van der Waals surface area contributed by atoms with Gasteiger partial charge in [-0.2, -0.15) is 18.3 Å². The van der Waals surface area contributed by atoms with Gasteiger partial charge < -0.3 is 14.5 Å². The third-order valence-electron chi connectivity index (χ3n) is 5.52. The largest absolute Gasteiger partial charge is 0.444 e. The molecule has 1 aromatic carbocycles. The SMILES string of the molecule is CC(C)(C)OC(=O)N1CCCN(C(=O)c2cn3nc(-c4ccc(F)cc4)cc(C(F)(F)F)c3n2)CC1. The second kappa shape index (κ2) is 9.40. The van der Waals surface area contributed by atoms with Crippen molar-refractivity contribution >= 4 is 17.6 Å². The van der Waals surface area contributed by atoms with Crippen molar-refractivity contribution in [1.82, 2.24) is 24.4 Å². The Labute approximate surface area is 204 Å². The van der Waals surface area contributed by atoms with Gasteiger partial charge in [-0.05, 0) is 57.5 Å². The number of carbonyl (C=O) groups excluding carboxylic acids is 2. The van der Waals surface area contributed by atoms with Crippen molar-refractivity contribution in [2.45, 2.75) is 39.0 Å². The summed E-state index contributed by atoms with van der Waals surface area (Å²) < 4.78 is 61.1. The quantitative estimate of drug-likeness (QED) is 0.473. The lowest BCUT2D eigenvalue weighted by molar-refractivity contribution is -0.136. The molecule has 1 aliphatic rings. The Morgan fingerprint density at radius 2 is 1.61 bits per heavy atom. The van der Waals surface area contributed by atoms with Gasteiger partial charge in [0.05, 0.1) is 11.9 Å². The summed E-state index contributed by atoms with van der Waals surface area (Å²) in [6, 6.07) is 5.71. The van der Waals surface area contributed by atoms with Crippen LogP contribution in [0.3, 0.4) is 0 Å². The topological polar surface area (TPSA) is 80.0 Å². The van der Waals surface area contributed by atoms with E-state index in [2.05, 4.69) is 10.1 Å². The van der Waals surface area contributed by atoms with Crippen LogP contribution in [-0.2, 0) is 10.9 Å². The monoisotopic (exact) mass is 507 g/mol. The number of imidazole rings is 1. The Balaban J connectivity index is 1.61. The molecule has 0 radical (unpaired) electrons. The van der Waals surface area contributed by atoms with E-state index >= 15 is 0 Å². The minimum absolute atomic E-state index is 0.0472. The van der Waals surface area contributed by atoms with Gasteiger partial charge in [0.1, 0.15) is 22.7 Å². The van der Waals surface area contributed by atoms with Crippen molar-refractivity contribution in [2.24, 2.45) is 0 Å². The van der Waals surface area contributed by atoms with Crippen molar-refractivity contribution < 1.29 is 31.9 Å². The zero-order valence-electron chi connectivity index (χ0n) is 20.0. The fourth-order valence-corrected chi connectivity index (χ4v) is 3.84. The van der Waals surface area contributed by atoms with E-state index in [0.29, 0.717) is 19.5 Å². The van der Waals surface area contributed by atoms with Crippen molar-refractivity contribution in [3.8, 4) is 11.3 Å². The van der Waals surface area contributed by atoms with E-state index < -0.39 is 40.8 Å². The number of halogens is 4. The first-order valence-corrected chi connectivity index (χ1v) is 11.3. The number of fused-ring (bicyclic) bond motifs is 1. The van der Waals surface area contributed by atoms with Crippen LogP contribution in [0.25, 0.3) is 16.9 Å². The molecule has 2 amide bonds. The number of nitrogens with zero attached hydrogens (tertiary/aromatic N) is 5. The van der Waals surface area contributed by atoms with Crippen LogP contribution in [0, 0.1) is 5.82 Å². The van der Waals surface area contributed by atoms with Gasteiger partial charge in [-0.3, -0.25) is 4.79 Å². The van der Waals surface area contributed by atoms with Crippen molar-refractivity contribution in [3.05, 3.63) is 53.6 Å². The minimum Gasteiger partial charge on any atom is -0.444 e. The number of alkyl halides is 3. The van der Waals surface area contributed by atoms with Crippen LogP contribution in [0.5, 0.6) is 0 Å². The van der Waals surface area contributed by atoms with E-state index in [1.54, 1.807) is 20.8 Å². The van der Waals surface area contributed by atoms with Gasteiger partial charge in [-0.1, -0.05) is 0 Å². The Morgan fingerprint density at radius 1 is 0.972 bits per heavy atom. The Kier molecular flexibility index (Phi) is 6.63. The van der Waals surface area contributed by atoms with Crippen LogP contribution in [0.4, 0.5) is 22.4 Å². The van der Waals surface area contributed by atoms with E-state index in [-0.39, 0.29) is 30.0 Å². The number of amides is 2. The van der Waals surface area contributed by atoms with Crippen LogP contribution in [-0.4, -0.2) is 68.2 Å². The lowest BCUT2D eigenvalue weighted by Crippen LogP contribution is -2.40. The predicted octanol–water partition coefficient (Wildman–Crippen LogP) is 4.64. The molecular weight excluding hydrogens is 482 g/mol. The number of rotatable bonds is 2. The summed E-state index contributed by atoms with van der Waals surface area (Å²) >= 11 is 0. The predicted molar refractivity (Wildman–Crippen MR) is 122 cm³/mol. The number of hydrogen-bond donors (Lipinski definition) is 0. The standard InChI is InChI=1S/C24H25F4N5O3/c1-23(2,3)36-22(35)32-10-4-9-31(11-12-32)21(34)19-14-33-20(29-19)17(24(26,27)28)13-18(30-33)15-5-7-16(25)8-6-15/h5-8,13-14H,4,9-12H2,1-3H3.